The fourth-order valence-corrected chi connectivity index (χ4v) is 2.14. The quantitative estimate of drug-likeness (QED) is 0.521. The zero-order chi connectivity index (χ0) is 16.8. The molecule has 2 rings (SSSR count). The Bertz CT molecular complexity index is 755. The van der Waals surface area contributed by atoms with E-state index in [-0.39, 0.29) is 5.82 Å². The first-order chi connectivity index (χ1) is 11.0. The third-order valence-electron chi connectivity index (χ3n) is 3.22. The van der Waals surface area contributed by atoms with Crippen molar-refractivity contribution < 1.29 is 4.39 Å². The summed E-state index contributed by atoms with van der Waals surface area (Å²) in [6, 6.07) is 13.7. The Morgan fingerprint density at radius 3 is 2.17 bits per heavy atom. The average Bonchev–Trinajstić information content (AvgIpc) is 2.55. The lowest BCUT2D eigenvalue weighted by Crippen LogP contribution is -2.10. The summed E-state index contributed by atoms with van der Waals surface area (Å²) in [4.78, 5) is 0. The van der Waals surface area contributed by atoms with Crippen molar-refractivity contribution in [1.82, 2.24) is 5.32 Å². The maximum Gasteiger partial charge on any atom is 0.123 e. The van der Waals surface area contributed by atoms with Gasteiger partial charge >= 0.3 is 0 Å². The van der Waals surface area contributed by atoms with Gasteiger partial charge in [-0.25, -0.2) is 4.39 Å². The van der Waals surface area contributed by atoms with E-state index >= 15 is 0 Å². The van der Waals surface area contributed by atoms with Gasteiger partial charge in [-0.2, -0.15) is 0 Å². The molecule has 2 aromatic rings. The van der Waals surface area contributed by atoms with Crippen molar-refractivity contribution in [1.29, 1.82) is 0 Å². The molecule has 0 saturated heterocycles. The summed E-state index contributed by atoms with van der Waals surface area (Å²) in [6.07, 6.45) is 3.56. The third-order valence-corrected chi connectivity index (χ3v) is 3.47. The predicted octanol–water partition coefficient (Wildman–Crippen LogP) is 5.82. The zero-order valence-electron chi connectivity index (χ0n) is 12.7. The first-order valence-electron chi connectivity index (χ1n) is 7.00. The van der Waals surface area contributed by atoms with Crippen molar-refractivity contribution in [3.8, 4) is 0 Å². The fourth-order valence-electron chi connectivity index (χ4n) is 2.01. The summed E-state index contributed by atoms with van der Waals surface area (Å²) >= 11 is 5.92. The number of halogens is 2. The van der Waals surface area contributed by atoms with Crippen molar-refractivity contribution in [3.63, 3.8) is 0 Å². The second-order valence-electron chi connectivity index (χ2n) is 4.95. The number of hydrogen-bond donors (Lipinski definition) is 1. The highest BCUT2D eigenvalue weighted by Gasteiger charge is 2.07. The van der Waals surface area contributed by atoms with Crippen LogP contribution in [0, 0.1) is 5.82 Å². The summed E-state index contributed by atoms with van der Waals surface area (Å²) < 4.78 is 13.2. The third kappa shape index (κ3) is 4.70. The predicted molar refractivity (Wildman–Crippen MR) is 97.3 cm³/mol. The number of allylic oxidation sites excluding steroid dienone is 2. The minimum absolute atomic E-state index is 0.284. The lowest BCUT2D eigenvalue weighted by molar-refractivity contribution is 0.627. The van der Waals surface area contributed by atoms with E-state index in [2.05, 4.69) is 25.1 Å². The van der Waals surface area contributed by atoms with E-state index in [1.54, 1.807) is 18.2 Å². The van der Waals surface area contributed by atoms with Gasteiger partial charge in [-0.15, -0.1) is 0 Å². The number of nitrogens with one attached hydrogen (secondary N) is 1. The zero-order valence-corrected chi connectivity index (χ0v) is 13.4. The highest BCUT2D eigenvalue weighted by Crippen LogP contribution is 2.25. The Hall–Kier alpha value is -2.58. The Kier molecular flexibility index (Phi) is 5.56. The molecule has 0 heterocycles. The van der Waals surface area contributed by atoms with Crippen LogP contribution >= 0.6 is 11.6 Å². The fraction of sp³-hybridized carbons (Fsp3) is 0. The molecule has 0 aliphatic heterocycles. The van der Waals surface area contributed by atoms with Gasteiger partial charge in [0.05, 0.1) is 0 Å². The highest BCUT2D eigenvalue weighted by atomic mass is 35.5. The molecule has 0 saturated carbocycles. The molecule has 0 spiro atoms. The van der Waals surface area contributed by atoms with Crippen LogP contribution in [0.3, 0.4) is 0 Å². The van der Waals surface area contributed by atoms with Crippen molar-refractivity contribution in [2.45, 2.75) is 0 Å². The van der Waals surface area contributed by atoms with Gasteiger partial charge in [0.2, 0.25) is 0 Å². The Balaban J connectivity index is 2.43. The van der Waals surface area contributed by atoms with Gasteiger partial charge in [-0.05, 0) is 47.5 Å². The van der Waals surface area contributed by atoms with Crippen molar-refractivity contribution >= 4 is 23.3 Å². The van der Waals surface area contributed by atoms with Crippen LogP contribution in [0.15, 0.2) is 85.7 Å². The van der Waals surface area contributed by atoms with E-state index in [0.717, 1.165) is 16.7 Å². The standard InChI is InChI=1S/C20H17ClFN/c1-4-14(2)23-15(3)20(17-7-11-19(22)12-8-17)13-16-5-9-18(21)10-6-16/h4-13,23H,1-3H2/b20-13+. The number of benzene rings is 2. The molecule has 116 valence electrons. The number of hydrogen-bond acceptors (Lipinski definition) is 1. The molecule has 0 atom stereocenters. The van der Waals surface area contributed by atoms with Crippen LogP contribution in [-0.2, 0) is 0 Å². The molecule has 23 heavy (non-hydrogen) atoms. The highest BCUT2D eigenvalue weighted by molar-refractivity contribution is 6.30. The maximum absolute atomic E-state index is 13.2. The Morgan fingerprint density at radius 2 is 1.61 bits per heavy atom. The van der Waals surface area contributed by atoms with Crippen LogP contribution < -0.4 is 5.32 Å². The lowest BCUT2D eigenvalue weighted by Gasteiger charge is -2.14. The van der Waals surface area contributed by atoms with E-state index < -0.39 is 0 Å². The summed E-state index contributed by atoms with van der Waals surface area (Å²) in [7, 11) is 0. The average molecular weight is 326 g/mol. The second-order valence-corrected chi connectivity index (χ2v) is 5.39. The van der Waals surface area contributed by atoms with E-state index in [1.165, 1.54) is 12.1 Å². The molecule has 0 unspecified atom stereocenters. The largest absolute Gasteiger partial charge is 0.356 e. The van der Waals surface area contributed by atoms with E-state index in [1.807, 2.05) is 30.3 Å². The van der Waals surface area contributed by atoms with Gasteiger partial charge in [0.25, 0.3) is 0 Å². The molecule has 1 N–H and O–H groups in total. The molecule has 0 aromatic heterocycles. The molecular formula is C20H17ClFN. The summed E-state index contributed by atoms with van der Waals surface area (Å²) in [5.74, 6) is -0.284. The van der Waals surface area contributed by atoms with E-state index in [9.17, 15) is 4.39 Å². The normalized spacial score (nSPS) is 11.0. The lowest BCUT2D eigenvalue weighted by atomic mass is 10.00. The van der Waals surface area contributed by atoms with Crippen LogP contribution in [0.1, 0.15) is 11.1 Å². The van der Waals surface area contributed by atoms with E-state index in [4.69, 9.17) is 11.6 Å². The summed E-state index contributed by atoms with van der Waals surface area (Å²) in [6.45, 7) is 11.5. The van der Waals surface area contributed by atoms with Crippen LogP contribution in [0.25, 0.3) is 11.6 Å². The molecule has 0 aliphatic rings. The smallest absolute Gasteiger partial charge is 0.123 e. The van der Waals surface area contributed by atoms with Gasteiger partial charge in [-0.3, -0.25) is 0 Å². The first-order valence-corrected chi connectivity index (χ1v) is 7.38. The molecule has 3 heteroatoms. The summed E-state index contributed by atoms with van der Waals surface area (Å²) in [5.41, 5.74) is 3.92. The topological polar surface area (TPSA) is 12.0 Å². The molecule has 0 bridgehead atoms. The Morgan fingerprint density at radius 1 is 1.00 bits per heavy atom. The van der Waals surface area contributed by atoms with Gasteiger partial charge in [0.1, 0.15) is 5.82 Å². The minimum atomic E-state index is -0.284. The van der Waals surface area contributed by atoms with Gasteiger partial charge in [0.15, 0.2) is 0 Å². The molecule has 2 aromatic carbocycles. The molecule has 0 aliphatic carbocycles. The molecule has 0 amide bonds. The minimum Gasteiger partial charge on any atom is -0.356 e. The van der Waals surface area contributed by atoms with Crippen LogP contribution in [-0.4, -0.2) is 0 Å². The molecular weight excluding hydrogens is 309 g/mol. The monoisotopic (exact) mass is 325 g/mol. The number of rotatable bonds is 6. The Labute approximate surface area is 141 Å². The van der Waals surface area contributed by atoms with Crippen LogP contribution in [0.5, 0.6) is 0 Å². The summed E-state index contributed by atoms with van der Waals surface area (Å²) in [5, 5.41) is 3.75. The van der Waals surface area contributed by atoms with Crippen molar-refractivity contribution in [2.75, 3.05) is 0 Å². The van der Waals surface area contributed by atoms with Gasteiger partial charge in [0, 0.05) is 22.0 Å². The molecule has 0 fully saturated rings. The first kappa shape index (κ1) is 16.8. The SMILES string of the molecule is C=CC(=C)NC(=C)/C(=C\c1ccc(Cl)cc1)c1ccc(F)cc1. The maximum atomic E-state index is 13.2. The van der Waals surface area contributed by atoms with Gasteiger partial charge in [-0.1, -0.05) is 55.6 Å². The van der Waals surface area contributed by atoms with Crippen LogP contribution in [0.4, 0.5) is 4.39 Å². The van der Waals surface area contributed by atoms with Crippen molar-refractivity contribution in [3.05, 3.63) is 108 Å². The molecule has 1 nitrogen and oxygen atoms in total. The van der Waals surface area contributed by atoms with E-state index in [0.29, 0.717) is 16.4 Å². The molecule has 0 radical (unpaired) electrons. The van der Waals surface area contributed by atoms with Crippen LogP contribution in [0.2, 0.25) is 5.02 Å². The van der Waals surface area contributed by atoms with Gasteiger partial charge < -0.3 is 5.32 Å². The second kappa shape index (κ2) is 7.61. The van der Waals surface area contributed by atoms with Crippen molar-refractivity contribution in [2.24, 2.45) is 0 Å².